The Labute approximate surface area is 171 Å². The van der Waals surface area contributed by atoms with E-state index < -0.39 is 6.61 Å². The molecule has 0 radical (unpaired) electrons. The van der Waals surface area contributed by atoms with Gasteiger partial charge in [-0.3, -0.25) is 0 Å². The van der Waals surface area contributed by atoms with Crippen molar-refractivity contribution in [3.63, 3.8) is 0 Å². The highest BCUT2D eigenvalue weighted by Crippen LogP contribution is 2.29. The smallest absolute Gasteiger partial charge is 0.387 e. The lowest BCUT2D eigenvalue weighted by molar-refractivity contribution is -0.0512. The summed E-state index contributed by atoms with van der Waals surface area (Å²) in [6, 6.07) is 5.40. The average Bonchev–Trinajstić information content (AvgIpc) is 2.60. The van der Waals surface area contributed by atoms with Crippen LogP contribution in [0.15, 0.2) is 23.2 Å². The summed E-state index contributed by atoms with van der Waals surface area (Å²) in [6.07, 6.45) is 6.08. The number of aliphatic imine (C=N–C) groups is 1. The van der Waals surface area contributed by atoms with Gasteiger partial charge in [-0.15, -0.1) is 24.0 Å². The monoisotopic (exact) mass is 483 g/mol. The molecule has 1 aliphatic rings. The second-order valence-electron chi connectivity index (χ2n) is 6.04. The summed E-state index contributed by atoms with van der Waals surface area (Å²) < 4.78 is 34.6. The van der Waals surface area contributed by atoms with Gasteiger partial charge in [-0.05, 0) is 37.5 Å². The fourth-order valence-corrected chi connectivity index (χ4v) is 2.94. The van der Waals surface area contributed by atoms with Gasteiger partial charge in [0.25, 0.3) is 0 Å². The van der Waals surface area contributed by atoms with Gasteiger partial charge in [0.15, 0.2) is 17.5 Å². The number of hydrogen-bond acceptors (Lipinski definition) is 3. The minimum Gasteiger partial charge on any atom is -0.493 e. The normalized spacial score (nSPS) is 15.3. The Hall–Kier alpha value is -1.32. The number of guanidine groups is 1. The van der Waals surface area contributed by atoms with E-state index in [2.05, 4.69) is 20.4 Å². The van der Waals surface area contributed by atoms with Gasteiger partial charge in [-0.1, -0.05) is 25.3 Å². The maximum Gasteiger partial charge on any atom is 0.387 e. The molecule has 1 aromatic rings. The van der Waals surface area contributed by atoms with E-state index in [4.69, 9.17) is 4.74 Å². The number of ether oxygens (including phenoxy) is 2. The molecule has 2 rings (SSSR count). The van der Waals surface area contributed by atoms with Crippen LogP contribution < -0.4 is 20.1 Å². The Balaban J connectivity index is 0.00000338. The molecule has 0 unspecified atom stereocenters. The lowest BCUT2D eigenvalue weighted by atomic mass is 9.96. The lowest BCUT2D eigenvalue weighted by Crippen LogP contribution is -2.44. The minimum absolute atomic E-state index is 0. The van der Waals surface area contributed by atoms with Crippen LogP contribution in [0.4, 0.5) is 8.78 Å². The third kappa shape index (κ3) is 7.51. The number of nitrogens with zero attached hydrogens (tertiary/aromatic N) is 1. The van der Waals surface area contributed by atoms with Crippen LogP contribution in [0, 0.1) is 0 Å². The summed E-state index contributed by atoms with van der Waals surface area (Å²) in [5.74, 6) is 1.05. The molecule has 0 amide bonds. The van der Waals surface area contributed by atoms with E-state index >= 15 is 0 Å². The lowest BCUT2D eigenvalue weighted by Gasteiger charge is -2.24. The number of hydrogen-bond donors (Lipinski definition) is 2. The van der Waals surface area contributed by atoms with E-state index in [1.165, 1.54) is 26.4 Å². The van der Waals surface area contributed by atoms with E-state index in [0.717, 1.165) is 30.9 Å². The first kappa shape index (κ1) is 22.7. The average molecular weight is 483 g/mol. The Morgan fingerprint density at radius 1 is 1.23 bits per heavy atom. The van der Waals surface area contributed by atoms with Crippen LogP contribution in [0.3, 0.4) is 0 Å². The van der Waals surface area contributed by atoms with E-state index in [1.807, 2.05) is 6.92 Å². The second-order valence-corrected chi connectivity index (χ2v) is 6.04. The molecular formula is C18H28F2IN3O2. The van der Waals surface area contributed by atoms with Crippen molar-refractivity contribution < 1.29 is 18.3 Å². The van der Waals surface area contributed by atoms with E-state index in [1.54, 1.807) is 18.2 Å². The van der Waals surface area contributed by atoms with E-state index in [9.17, 15) is 8.78 Å². The summed E-state index contributed by atoms with van der Waals surface area (Å²) in [5.41, 5.74) is 0.775. The second kappa shape index (κ2) is 12.1. The van der Waals surface area contributed by atoms with Crippen molar-refractivity contribution in [3.05, 3.63) is 23.8 Å². The molecule has 1 fully saturated rings. The zero-order valence-corrected chi connectivity index (χ0v) is 17.6. The Morgan fingerprint density at radius 3 is 2.58 bits per heavy atom. The highest BCUT2D eigenvalue weighted by Gasteiger charge is 2.15. The van der Waals surface area contributed by atoms with E-state index in [-0.39, 0.29) is 35.5 Å². The van der Waals surface area contributed by atoms with Crippen molar-refractivity contribution in [3.8, 4) is 11.5 Å². The Morgan fingerprint density at radius 2 is 1.96 bits per heavy atom. The van der Waals surface area contributed by atoms with Crippen LogP contribution >= 0.6 is 24.0 Å². The largest absolute Gasteiger partial charge is 0.493 e. The van der Waals surface area contributed by atoms with Gasteiger partial charge < -0.3 is 20.1 Å². The van der Waals surface area contributed by atoms with Crippen LogP contribution in [0.1, 0.15) is 44.6 Å². The van der Waals surface area contributed by atoms with Crippen LogP contribution in [-0.4, -0.2) is 32.3 Å². The first-order valence-corrected chi connectivity index (χ1v) is 8.79. The number of alkyl halides is 2. The molecular weight excluding hydrogens is 455 g/mol. The first-order valence-electron chi connectivity index (χ1n) is 8.79. The number of nitrogens with one attached hydrogen (secondary N) is 2. The van der Waals surface area contributed by atoms with Gasteiger partial charge in [0.2, 0.25) is 0 Å². The molecule has 1 saturated carbocycles. The number of halogens is 3. The van der Waals surface area contributed by atoms with E-state index in [0.29, 0.717) is 12.6 Å². The highest BCUT2D eigenvalue weighted by molar-refractivity contribution is 14.0. The first-order chi connectivity index (χ1) is 12.1. The predicted molar refractivity (Wildman–Crippen MR) is 110 cm³/mol. The summed E-state index contributed by atoms with van der Waals surface area (Å²) in [6.45, 7) is 0.255. The van der Waals surface area contributed by atoms with Crippen molar-refractivity contribution in [2.24, 2.45) is 4.99 Å². The summed E-state index contributed by atoms with van der Waals surface area (Å²) in [5, 5.41) is 6.69. The van der Waals surface area contributed by atoms with Gasteiger partial charge in [0.1, 0.15) is 0 Å². The van der Waals surface area contributed by atoms with Crippen molar-refractivity contribution in [1.29, 1.82) is 0 Å². The van der Waals surface area contributed by atoms with Gasteiger partial charge in [0, 0.05) is 12.6 Å². The molecule has 0 atom stereocenters. The predicted octanol–water partition coefficient (Wildman–Crippen LogP) is 4.30. The SMILES string of the molecule is CCNC(=NCc1ccc(OC)c(OC(F)F)c1)NC1CCCCC1.I. The molecule has 0 spiro atoms. The van der Waals surface area contributed by atoms with Crippen molar-refractivity contribution in [1.82, 2.24) is 10.6 Å². The third-order valence-electron chi connectivity index (χ3n) is 4.15. The standard InChI is InChI=1S/C18H27F2N3O2.HI/c1-3-21-18(23-14-7-5-4-6-8-14)22-12-13-9-10-15(24-2)16(11-13)25-17(19)20;/h9-11,14,17H,3-8,12H2,1-2H3,(H2,21,22,23);1H. The van der Waals surface area contributed by atoms with Crippen LogP contribution in [0.2, 0.25) is 0 Å². The van der Waals surface area contributed by atoms with Gasteiger partial charge >= 0.3 is 6.61 Å². The Kier molecular flexibility index (Phi) is 10.6. The minimum atomic E-state index is -2.89. The molecule has 0 heterocycles. The summed E-state index contributed by atoms with van der Waals surface area (Å²) in [7, 11) is 1.42. The maximum atomic E-state index is 12.5. The Bertz CT molecular complexity index is 567. The van der Waals surface area contributed by atoms with Gasteiger partial charge in [0.05, 0.1) is 13.7 Å². The molecule has 2 N–H and O–H groups in total. The fraction of sp³-hybridized carbons (Fsp3) is 0.611. The molecule has 0 bridgehead atoms. The van der Waals surface area contributed by atoms with Crippen LogP contribution in [0.25, 0.3) is 0 Å². The summed E-state index contributed by atoms with van der Waals surface area (Å²) in [4.78, 5) is 4.56. The van der Waals surface area contributed by atoms with Gasteiger partial charge in [-0.25, -0.2) is 4.99 Å². The van der Waals surface area contributed by atoms with Crippen LogP contribution in [0.5, 0.6) is 11.5 Å². The van der Waals surface area contributed by atoms with Crippen molar-refractivity contribution in [2.75, 3.05) is 13.7 Å². The summed E-state index contributed by atoms with van der Waals surface area (Å²) >= 11 is 0. The molecule has 0 aliphatic heterocycles. The highest BCUT2D eigenvalue weighted by atomic mass is 127. The number of rotatable bonds is 7. The molecule has 1 aromatic carbocycles. The molecule has 0 saturated heterocycles. The molecule has 8 heteroatoms. The van der Waals surface area contributed by atoms with Crippen LogP contribution in [-0.2, 0) is 6.54 Å². The number of methoxy groups -OCH3 is 1. The maximum absolute atomic E-state index is 12.5. The fourth-order valence-electron chi connectivity index (χ4n) is 2.94. The zero-order chi connectivity index (χ0) is 18.1. The van der Waals surface area contributed by atoms with Gasteiger partial charge in [-0.2, -0.15) is 8.78 Å². The van der Waals surface area contributed by atoms with Crippen molar-refractivity contribution >= 4 is 29.9 Å². The molecule has 1 aliphatic carbocycles. The quantitative estimate of drug-likeness (QED) is 0.345. The molecule has 5 nitrogen and oxygen atoms in total. The zero-order valence-electron chi connectivity index (χ0n) is 15.3. The number of benzene rings is 1. The molecule has 26 heavy (non-hydrogen) atoms. The molecule has 0 aromatic heterocycles. The molecule has 148 valence electrons. The third-order valence-corrected chi connectivity index (χ3v) is 4.15. The topological polar surface area (TPSA) is 54.9 Å². The van der Waals surface area contributed by atoms with Crippen molar-refractivity contribution in [2.45, 2.75) is 58.2 Å².